The molecule has 0 saturated heterocycles. The van der Waals surface area contributed by atoms with E-state index in [0.29, 0.717) is 5.57 Å². The maximum absolute atomic E-state index is 10.8. The predicted octanol–water partition coefficient (Wildman–Crippen LogP) is 2.43. The molecule has 0 aromatic rings. The molecule has 0 atom stereocenters. The highest BCUT2D eigenvalue weighted by Gasteiger charge is 2.23. The van der Waals surface area contributed by atoms with Gasteiger partial charge in [0.25, 0.3) is 0 Å². The number of aliphatic carboxylic acids is 1. The summed E-state index contributed by atoms with van der Waals surface area (Å²) in [6.07, 6.45) is 1.35. The van der Waals surface area contributed by atoms with E-state index < -0.39 is 5.97 Å². The highest BCUT2D eigenvalue weighted by atomic mass is 16.5. The van der Waals surface area contributed by atoms with Crippen molar-refractivity contribution in [3.63, 3.8) is 0 Å². The molecule has 0 aliphatic rings. The SMILES string of the molecule is CC(C)O/C=C(/C(=O)O)C(C)(C)C. The molecule has 0 heterocycles. The third kappa shape index (κ3) is 4.55. The van der Waals surface area contributed by atoms with Crippen LogP contribution in [-0.4, -0.2) is 17.2 Å². The van der Waals surface area contributed by atoms with Gasteiger partial charge in [-0.2, -0.15) is 0 Å². The van der Waals surface area contributed by atoms with Gasteiger partial charge in [-0.25, -0.2) is 4.79 Å². The zero-order valence-corrected chi connectivity index (χ0v) is 8.92. The Morgan fingerprint density at radius 1 is 1.38 bits per heavy atom. The summed E-state index contributed by atoms with van der Waals surface area (Å²) in [6.45, 7) is 9.25. The average molecular weight is 186 g/mol. The minimum atomic E-state index is -0.923. The number of carbonyl (C=O) groups is 1. The number of ether oxygens (including phenoxy) is 1. The molecule has 13 heavy (non-hydrogen) atoms. The second kappa shape index (κ2) is 4.30. The maximum Gasteiger partial charge on any atom is 0.335 e. The minimum Gasteiger partial charge on any atom is -0.498 e. The molecule has 0 rings (SSSR count). The Labute approximate surface area is 79.4 Å². The molecule has 0 bridgehead atoms. The van der Waals surface area contributed by atoms with Gasteiger partial charge >= 0.3 is 5.97 Å². The smallest absolute Gasteiger partial charge is 0.335 e. The minimum absolute atomic E-state index is 0.0108. The molecule has 76 valence electrons. The average Bonchev–Trinajstić information content (AvgIpc) is 1.81. The van der Waals surface area contributed by atoms with Crippen LogP contribution in [-0.2, 0) is 9.53 Å². The standard InChI is InChI=1S/C10H18O3/c1-7(2)13-6-8(9(11)12)10(3,4)5/h6-7H,1-5H3,(H,11,12)/b8-6-. The molecule has 0 unspecified atom stereocenters. The Kier molecular flexibility index (Phi) is 3.98. The second-order valence-corrected chi connectivity index (χ2v) is 4.27. The molecule has 0 radical (unpaired) electrons. The second-order valence-electron chi connectivity index (χ2n) is 4.27. The van der Waals surface area contributed by atoms with Crippen LogP contribution in [0, 0.1) is 5.41 Å². The van der Waals surface area contributed by atoms with E-state index >= 15 is 0 Å². The molecule has 3 nitrogen and oxygen atoms in total. The van der Waals surface area contributed by atoms with Gasteiger partial charge in [0, 0.05) is 0 Å². The molecule has 0 saturated carbocycles. The van der Waals surface area contributed by atoms with Crippen LogP contribution < -0.4 is 0 Å². The first-order valence-corrected chi connectivity index (χ1v) is 4.34. The van der Waals surface area contributed by atoms with Crippen molar-refractivity contribution < 1.29 is 14.6 Å². The van der Waals surface area contributed by atoms with E-state index in [1.165, 1.54) is 6.26 Å². The van der Waals surface area contributed by atoms with Crippen LogP contribution >= 0.6 is 0 Å². The van der Waals surface area contributed by atoms with E-state index in [-0.39, 0.29) is 11.5 Å². The van der Waals surface area contributed by atoms with E-state index in [1.54, 1.807) is 0 Å². The fourth-order valence-corrected chi connectivity index (χ4v) is 0.752. The van der Waals surface area contributed by atoms with Crippen molar-refractivity contribution >= 4 is 5.97 Å². The molecule has 1 N–H and O–H groups in total. The van der Waals surface area contributed by atoms with Gasteiger partial charge in [0.15, 0.2) is 0 Å². The molecule has 0 spiro atoms. The monoisotopic (exact) mass is 186 g/mol. The maximum atomic E-state index is 10.8. The van der Waals surface area contributed by atoms with Gasteiger partial charge in [0.05, 0.1) is 17.9 Å². The van der Waals surface area contributed by atoms with Crippen molar-refractivity contribution in [3.8, 4) is 0 Å². The van der Waals surface area contributed by atoms with Crippen LogP contribution in [0.2, 0.25) is 0 Å². The first-order valence-electron chi connectivity index (χ1n) is 4.34. The zero-order valence-electron chi connectivity index (χ0n) is 8.92. The van der Waals surface area contributed by atoms with Gasteiger partial charge < -0.3 is 9.84 Å². The van der Waals surface area contributed by atoms with Crippen molar-refractivity contribution in [2.75, 3.05) is 0 Å². The summed E-state index contributed by atoms with van der Waals surface area (Å²) in [6, 6.07) is 0. The highest BCUT2D eigenvalue weighted by molar-refractivity contribution is 5.87. The van der Waals surface area contributed by atoms with Gasteiger partial charge in [-0.3, -0.25) is 0 Å². The molecular weight excluding hydrogens is 168 g/mol. The van der Waals surface area contributed by atoms with Gasteiger partial charge in [-0.05, 0) is 19.3 Å². The third-order valence-corrected chi connectivity index (χ3v) is 1.50. The summed E-state index contributed by atoms with van der Waals surface area (Å²) in [5.74, 6) is -0.923. The summed E-state index contributed by atoms with van der Waals surface area (Å²) in [5, 5.41) is 8.87. The van der Waals surface area contributed by atoms with Crippen molar-refractivity contribution in [1.82, 2.24) is 0 Å². The number of hydrogen-bond donors (Lipinski definition) is 1. The lowest BCUT2D eigenvalue weighted by Crippen LogP contribution is -2.18. The number of hydrogen-bond acceptors (Lipinski definition) is 2. The molecule has 0 aromatic carbocycles. The summed E-state index contributed by atoms with van der Waals surface area (Å²) in [7, 11) is 0. The highest BCUT2D eigenvalue weighted by Crippen LogP contribution is 2.25. The lowest BCUT2D eigenvalue weighted by molar-refractivity contribution is -0.133. The Bertz CT molecular complexity index is 209. The summed E-state index contributed by atoms with van der Waals surface area (Å²) in [4.78, 5) is 10.8. The van der Waals surface area contributed by atoms with Crippen LogP contribution in [0.1, 0.15) is 34.6 Å². The lowest BCUT2D eigenvalue weighted by Gasteiger charge is -2.19. The third-order valence-electron chi connectivity index (χ3n) is 1.50. The predicted molar refractivity (Wildman–Crippen MR) is 51.4 cm³/mol. The Morgan fingerprint density at radius 2 is 1.85 bits per heavy atom. The van der Waals surface area contributed by atoms with E-state index in [9.17, 15) is 4.79 Å². The van der Waals surface area contributed by atoms with Gasteiger partial charge in [-0.15, -0.1) is 0 Å². The molecule has 0 amide bonds. The molecule has 0 fully saturated rings. The molecule has 0 aliphatic heterocycles. The van der Waals surface area contributed by atoms with Crippen LogP contribution in [0.5, 0.6) is 0 Å². The van der Waals surface area contributed by atoms with Gasteiger partial charge in [-0.1, -0.05) is 20.8 Å². The lowest BCUT2D eigenvalue weighted by atomic mass is 9.87. The Balaban J connectivity index is 4.62. The largest absolute Gasteiger partial charge is 0.498 e. The topological polar surface area (TPSA) is 46.5 Å². The van der Waals surface area contributed by atoms with E-state index in [4.69, 9.17) is 9.84 Å². The van der Waals surface area contributed by atoms with Crippen LogP contribution in [0.15, 0.2) is 11.8 Å². The van der Waals surface area contributed by atoms with Crippen molar-refractivity contribution in [2.24, 2.45) is 5.41 Å². The van der Waals surface area contributed by atoms with E-state index in [2.05, 4.69) is 0 Å². The van der Waals surface area contributed by atoms with E-state index in [1.807, 2.05) is 34.6 Å². The quantitative estimate of drug-likeness (QED) is 0.544. The molecule has 0 aliphatic carbocycles. The molecular formula is C10H18O3. The number of carboxylic acids is 1. The first-order chi connectivity index (χ1) is 5.75. The van der Waals surface area contributed by atoms with Gasteiger partial charge in [0.1, 0.15) is 0 Å². The van der Waals surface area contributed by atoms with Crippen molar-refractivity contribution in [3.05, 3.63) is 11.8 Å². The van der Waals surface area contributed by atoms with Crippen molar-refractivity contribution in [1.29, 1.82) is 0 Å². The zero-order chi connectivity index (χ0) is 10.6. The van der Waals surface area contributed by atoms with E-state index in [0.717, 1.165) is 0 Å². The fraction of sp³-hybridized carbons (Fsp3) is 0.700. The van der Waals surface area contributed by atoms with Crippen LogP contribution in [0.25, 0.3) is 0 Å². The van der Waals surface area contributed by atoms with Crippen LogP contribution in [0.4, 0.5) is 0 Å². The van der Waals surface area contributed by atoms with Crippen molar-refractivity contribution in [2.45, 2.75) is 40.7 Å². The number of rotatable bonds is 3. The first kappa shape index (κ1) is 12.0. The fourth-order valence-electron chi connectivity index (χ4n) is 0.752. The summed E-state index contributed by atoms with van der Waals surface area (Å²) >= 11 is 0. The molecule has 0 aromatic heterocycles. The Hall–Kier alpha value is -0.990. The van der Waals surface area contributed by atoms with Crippen LogP contribution in [0.3, 0.4) is 0 Å². The van der Waals surface area contributed by atoms with Gasteiger partial charge in [0.2, 0.25) is 0 Å². The molecule has 3 heteroatoms. The Morgan fingerprint density at radius 3 is 2.08 bits per heavy atom. The summed E-state index contributed by atoms with van der Waals surface area (Å²) < 4.78 is 5.15. The number of carboxylic acid groups (broad SMARTS) is 1. The summed E-state index contributed by atoms with van der Waals surface area (Å²) in [5.41, 5.74) is -0.0954. The normalized spacial score (nSPS) is 13.2.